The van der Waals surface area contributed by atoms with Crippen LogP contribution in [0.15, 0.2) is 12.4 Å². The summed E-state index contributed by atoms with van der Waals surface area (Å²) >= 11 is 1.41. The van der Waals surface area contributed by atoms with E-state index in [0.717, 1.165) is 43.3 Å². The zero-order valence-electron chi connectivity index (χ0n) is 13.9. The van der Waals surface area contributed by atoms with Gasteiger partial charge < -0.3 is 15.0 Å². The molecular formula is C15H22N6O2S. The third kappa shape index (κ3) is 4.09. The molecule has 1 fully saturated rings. The number of carbonyl (C=O) groups is 1. The molecule has 1 saturated heterocycles. The minimum Gasteiger partial charge on any atom is -0.384 e. The molecule has 0 saturated carbocycles. The number of rotatable bonds is 6. The van der Waals surface area contributed by atoms with Gasteiger partial charge in [0.2, 0.25) is 5.13 Å². The first-order valence-corrected chi connectivity index (χ1v) is 8.79. The smallest absolute Gasteiger partial charge is 0.254 e. The Kier molecular flexibility index (Phi) is 5.41. The molecule has 24 heavy (non-hydrogen) atoms. The molecule has 3 rings (SSSR count). The van der Waals surface area contributed by atoms with E-state index >= 15 is 0 Å². The van der Waals surface area contributed by atoms with Crippen molar-refractivity contribution in [3.8, 4) is 0 Å². The van der Waals surface area contributed by atoms with E-state index in [1.807, 2.05) is 0 Å². The summed E-state index contributed by atoms with van der Waals surface area (Å²) in [5, 5.41) is 8.05. The van der Waals surface area contributed by atoms with Gasteiger partial charge in [-0.2, -0.15) is 9.47 Å². The SMILES string of the molecule is COCCc1nsc(N2CCCC(NC(=O)c3cnn(C)c3)C2)n1. The number of hydrogen-bond acceptors (Lipinski definition) is 7. The second-order valence-electron chi connectivity index (χ2n) is 5.90. The molecule has 1 atom stereocenters. The van der Waals surface area contributed by atoms with Gasteiger partial charge in [0.1, 0.15) is 5.82 Å². The van der Waals surface area contributed by atoms with Gasteiger partial charge in [0, 0.05) is 57.4 Å². The highest BCUT2D eigenvalue weighted by atomic mass is 32.1. The normalized spacial score (nSPS) is 17.9. The first-order valence-electron chi connectivity index (χ1n) is 8.01. The predicted molar refractivity (Wildman–Crippen MR) is 91.4 cm³/mol. The summed E-state index contributed by atoms with van der Waals surface area (Å²) < 4.78 is 11.1. The molecule has 0 aromatic carbocycles. The average Bonchev–Trinajstić information content (AvgIpc) is 3.22. The van der Waals surface area contributed by atoms with Crippen molar-refractivity contribution in [1.82, 2.24) is 24.5 Å². The van der Waals surface area contributed by atoms with Crippen LogP contribution in [0.5, 0.6) is 0 Å². The Morgan fingerprint density at radius 1 is 1.54 bits per heavy atom. The minimum absolute atomic E-state index is 0.0759. The molecule has 0 radical (unpaired) electrons. The Labute approximate surface area is 145 Å². The Hall–Kier alpha value is -2.00. The number of nitrogens with zero attached hydrogens (tertiary/aromatic N) is 5. The number of piperidine rings is 1. The molecule has 9 heteroatoms. The maximum atomic E-state index is 12.3. The number of carbonyl (C=O) groups excluding carboxylic acids is 1. The monoisotopic (exact) mass is 350 g/mol. The van der Waals surface area contributed by atoms with Gasteiger partial charge in [-0.05, 0) is 12.8 Å². The summed E-state index contributed by atoms with van der Waals surface area (Å²) in [6, 6.07) is 0.109. The zero-order chi connectivity index (χ0) is 16.9. The fourth-order valence-electron chi connectivity index (χ4n) is 2.74. The summed E-state index contributed by atoms with van der Waals surface area (Å²) in [6.45, 7) is 2.32. The van der Waals surface area contributed by atoms with Crippen LogP contribution in [-0.2, 0) is 18.2 Å². The topological polar surface area (TPSA) is 85.2 Å². The third-order valence-corrected chi connectivity index (χ3v) is 4.80. The highest BCUT2D eigenvalue weighted by molar-refractivity contribution is 7.09. The van der Waals surface area contributed by atoms with Crippen molar-refractivity contribution in [1.29, 1.82) is 0 Å². The van der Waals surface area contributed by atoms with Gasteiger partial charge in [-0.15, -0.1) is 0 Å². The number of amides is 1. The fraction of sp³-hybridized carbons (Fsp3) is 0.600. The van der Waals surface area contributed by atoms with Crippen LogP contribution in [0.1, 0.15) is 29.0 Å². The number of hydrogen-bond donors (Lipinski definition) is 1. The second kappa shape index (κ2) is 7.71. The Morgan fingerprint density at radius 2 is 2.42 bits per heavy atom. The lowest BCUT2D eigenvalue weighted by Crippen LogP contribution is -2.47. The lowest BCUT2D eigenvalue weighted by Gasteiger charge is -2.32. The lowest BCUT2D eigenvalue weighted by molar-refractivity contribution is 0.0933. The number of aryl methyl sites for hydroxylation is 1. The molecular weight excluding hydrogens is 328 g/mol. The predicted octanol–water partition coefficient (Wildman–Crippen LogP) is 0.859. The van der Waals surface area contributed by atoms with Crippen LogP contribution in [0.4, 0.5) is 5.13 Å². The van der Waals surface area contributed by atoms with E-state index in [1.54, 1.807) is 31.2 Å². The lowest BCUT2D eigenvalue weighted by atomic mass is 10.1. The highest BCUT2D eigenvalue weighted by Crippen LogP contribution is 2.22. The van der Waals surface area contributed by atoms with Crippen molar-refractivity contribution in [2.24, 2.45) is 7.05 Å². The zero-order valence-corrected chi connectivity index (χ0v) is 14.8. The summed E-state index contributed by atoms with van der Waals surface area (Å²) in [4.78, 5) is 19.0. The van der Waals surface area contributed by atoms with Gasteiger partial charge >= 0.3 is 0 Å². The van der Waals surface area contributed by atoms with Crippen LogP contribution >= 0.6 is 11.5 Å². The van der Waals surface area contributed by atoms with Crippen molar-refractivity contribution in [2.75, 3.05) is 31.7 Å². The molecule has 3 heterocycles. The van der Waals surface area contributed by atoms with Crippen LogP contribution in [0.25, 0.3) is 0 Å². The van der Waals surface area contributed by atoms with Gasteiger partial charge in [0.25, 0.3) is 5.91 Å². The van der Waals surface area contributed by atoms with Crippen molar-refractivity contribution in [3.63, 3.8) is 0 Å². The molecule has 8 nitrogen and oxygen atoms in total. The number of anilines is 1. The molecule has 0 bridgehead atoms. The van der Waals surface area contributed by atoms with E-state index in [1.165, 1.54) is 11.5 Å². The second-order valence-corrected chi connectivity index (χ2v) is 6.63. The van der Waals surface area contributed by atoms with Gasteiger partial charge in [0.05, 0.1) is 18.4 Å². The number of aromatic nitrogens is 4. The maximum absolute atomic E-state index is 12.3. The molecule has 1 N–H and O–H groups in total. The summed E-state index contributed by atoms with van der Waals surface area (Å²) in [5.41, 5.74) is 0.590. The van der Waals surface area contributed by atoms with Gasteiger partial charge in [0.15, 0.2) is 0 Å². The number of methoxy groups -OCH3 is 1. The first-order chi connectivity index (χ1) is 11.7. The quantitative estimate of drug-likeness (QED) is 0.832. The average molecular weight is 350 g/mol. The minimum atomic E-state index is -0.0759. The van der Waals surface area contributed by atoms with Crippen LogP contribution in [0.2, 0.25) is 0 Å². The summed E-state index contributed by atoms with van der Waals surface area (Å²) in [7, 11) is 3.48. The van der Waals surface area contributed by atoms with Gasteiger partial charge in [-0.1, -0.05) is 0 Å². The van der Waals surface area contributed by atoms with Crippen molar-refractivity contribution in [2.45, 2.75) is 25.3 Å². The van der Waals surface area contributed by atoms with Crippen molar-refractivity contribution >= 4 is 22.6 Å². The van der Waals surface area contributed by atoms with Crippen LogP contribution < -0.4 is 10.2 Å². The highest BCUT2D eigenvalue weighted by Gasteiger charge is 2.24. The van der Waals surface area contributed by atoms with E-state index in [-0.39, 0.29) is 11.9 Å². The van der Waals surface area contributed by atoms with Crippen LogP contribution in [0, 0.1) is 0 Å². The van der Waals surface area contributed by atoms with E-state index in [0.29, 0.717) is 12.2 Å². The fourth-order valence-corrected chi connectivity index (χ4v) is 3.49. The summed E-state index contributed by atoms with van der Waals surface area (Å²) in [5.74, 6) is 0.742. The molecule has 0 spiro atoms. The summed E-state index contributed by atoms with van der Waals surface area (Å²) in [6.07, 6.45) is 6.02. The van der Waals surface area contributed by atoms with Crippen molar-refractivity contribution in [3.05, 3.63) is 23.8 Å². The molecule has 0 aliphatic carbocycles. The van der Waals surface area contributed by atoms with Crippen LogP contribution in [0.3, 0.4) is 0 Å². The third-order valence-electron chi connectivity index (χ3n) is 3.98. The molecule has 2 aromatic heterocycles. The van der Waals surface area contributed by atoms with Crippen LogP contribution in [-0.4, -0.2) is 57.9 Å². The molecule has 2 aromatic rings. The van der Waals surface area contributed by atoms with E-state index in [2.05, 4.69) is 24.7 Å². The Morgan fingerprint density at radius 3 is 3.17 bits per heavy atom. The largest absolute Gasteiger partial charge is 0.384 e. The molecule has 1 aliphatic heterocycles. The number of ether oxygens (including phenoxy) is 1. The van der Waals surface area contributed by atoms with Gasteiger partial charge in [-0.3, -0.25) is 9.48 Å². The Bertz CT molecular complexity index is 685. The first kappa shape index (κ1) is 16.8. The molecule has 1 unspecified atom stereocenters. The number of nitrogens with one attached hydrogen (secondary N) is 1. The molecule has 130 valence electrons. The van der Waals surface area contributed by atoms with E-state index in [4.69, 9.17) is 4.74 Å². The van der Waals surface area contributed by atoms with Crippen molar-refractivity contribution < 1.29 is 9.53 Å². The maximum Gasteiger partial charge on any atom is 0.254 e. The van der Waals surface area contributed by atoms with E-state index in [9.17, 15) is 4.79 Å². The van der Waals surface area contributed by atoms with E-state index < -0.39 is 0 Å². The Balaban J connectivity index is 1.57. The van der Waals surface area contributed by atoms with Gasteiger partial charge in [-0.25, -0.2) is 4.98 Å². The molecule has 1 amide bonds. The standard InChI is InChI=1S/C15H22N6O2S/c1-20-9-11(8-16-20)14(22)17-12-4-3-6-21(10-12)15-18-13(19-24-15)5-7-23-2/h8-9,12H,3-7,10H2,1-2H3,(H,17,22). The molecule has 1 aliphatic rings.